The molecule has 0 aromatic rings. The van der Waals surface area contributed by atoms with Gasteiger partial charge in [-0.2, -0.15) is 0 Å². The van der Waals surface area contributed by atoms with Crippen molar-refractivity contribution in [2.75, 3.05) is 0 Å². The normalized spacial score (nSPS) is 19.9. The zero-order valence-electron chi connectivity index (χ0n) is 9.02. The lowest BCUT2D eigenvalue weighted by molar-refractivity contribution is 0.219. The molecule has 0 fully saturated rings. The molecule has 0 spiro atoms. The Kier molecular flexibility index (Phi) is 4.79. The van der Waals surface area contributed by atoms with Gasteiger partial charge < -0.3 is 0 Å². The highest BCUT2D eigenvalue weighted by atomic mass is 14.2. The fourth-order valence-corrected chi connectivity index (χ4v) is 1.50. The average molecular weight is 156 g/mol. The molecular weight excluding hydrogens is 132 g/mol. The van der Waals surface area contributed by atoms with Crippen LogP contribution < -0.4 is 0 Å². The second-order valence-electron chi connectivity index (χ2n) is 4.35. The Balaban J connectivity index is 3.90. The highest BCUT2D eigenvalue weighted by Crippen LogP contribution is 2.27. The van der Waals surface area contributed by atoms with Crippen molar-refractivity contribution in [3.8, 4) is 0 Å². The largest absolute Gasteiger partial charge is 0.0651 e. The van der Waals surface area contributed by atoms with Crippen molar-refractivity contribution in [1.82, 2.24) is 0 Å². The third-order valence-corrected chi connectivity index (χ3v) is 3.42. The van der Waals surface area contributed by atoms with E-state index in [9.17, 15) is 0 Å². The van der Waals surface area contributed by atoms with Gasteiger partial charge in [-0.3, -0.25) is 0 Å². The molecule has 0 aromatic carbocycles. The predicted molar refractivity (Wildman–Crippen MR) is 52.6 cm³/mol. The van der Waals surface area contributed by atoms with Crippen LogP contribution in [0.2, 0.25) is 0 Å². The summed E-state index contributed by atoms with van der Waals surface area (Å²) in [5.74, 6) is 3.45. The molecule has 3 atom stereocenters. The first-order valence-electron chi connectivity index (χ1n) is 5.00. The highest BCUT2D eigenvalue weighted by molar-refractivity contribution is 4.69. The van der Waals surface area contributed by atoms with Crippen LogP contribution in [0.15, 0.2) is 0 Å². The topological polar surface area (TPSA) is 0 Å². The molecule has 0 aromatic heterocycles. The lowest BCUT2D eigenvalue weighted by Gasteiger charge is -2.28. The van der Waals surface area contributed by atoms with E-state index in [-0.39, 0.29) is 0 Å². The van der Waals surface area contributed by atoms with E-state index in [1.165, 1.54) is 6.42 Å². The second kappa shape index (κ2) is 4.79. The number of rotatable bonds is 4. The average Bonchev–Trinajstić information content (AvgIpc) is 2.00. The van der Waals surface area contributed by atoms with Crippen LogP contribution in [0.4, 0.5) is 0 Å². The van der Waals surface area contributed by atoms with Gasteiger partial charge in [-0.1, -0.05) is 48.0 Å². The molecule has 0 saturated carbocycles. The monoisotopic (exact) mass is 156 g/mol. The summed E-state index contributed by atoms with van der Waals surface area (Å²) in [5, 5.41) is 0. The van der Waals surface area contributed by atoms with E-state index in [0.29, 0.717) is 0 Å². The lowest BCUT2D eigenvalue weighted by atomic mass is 9.78. The van der Waals surface area contributed by atoms with Gasteiger partial charge in [0.15, 0.2) is 0 Å². The van der Waals surface area contributed by atoms with Crippen molar-refractivity contribution < 1.29 is 0 Å². The third kappa shape index (κ3) is 3.27. The van der Waals surface area contributed by atoms with Crippen LogP contribution in [-0.2, 0) is 0 Å². The van der Waals surface area contributed by atoms with Crippen LogP contribution in [0, 0.1) is 23.7 Å². The van der Waals surface area contributed by atoms with E-state index in [1.807, 2.05) is 0 Å². The molecular formula is C11H24. The highest BCUT2D eigenvalue weighted by Gasteiger charge is 2.19. The van der Waals surface area contributed by atoms with E-state index >= 15 is 0 Å². The van der Waals surface area contributed by atoms with E-state index < -0.39 is 0 Å². The third-order valence-electron chi connectivity index (χ3n) is 3.42. The van der Waals surface area contributed by atoms with Gasteiger partial charge in [0.2, 0.25) is 0 Å². The Morgan fingerprint density at radius 2 is 1.27 bits per heavy atom. The predicted octanol–water partition coefficient (Wildman–Crippen LogP) is 3.96. The molecule has 0 aliphatic heterocycles. The minimum absolute atomic E-state index is 0.832. The summed E-state index contributed by atoms with van der Waals surface area (Å²) in [5.41, 5.74) is 0. The van der Waals surface area contributed by atoms with Crippen LogP contribution in [0.1, 0.15) is 48.0 Å². The zero-order chi connectivity index (χ0) is 9.02. The van der Waals surface area contributed by atoms with Crippen molar-refractivity contribution >= 4 is 0 Å². The van der Waals surface area contributed by atoms with Crippen molar-refractivity contribution in [2.45, 2.75) is 48.0 Å². The molecule has 0 aliphatic carbocycles. The fraction of sp³-hybridized carbons (Fsp3) is 1.00. The smallest absolute Gasteiger partial charge is 0.0389 e. The molecule has 68 valence electrons. The first-order valence-corrected chi connectivity index (χ1v) is 5.00. The number of hydrogen-bond acceptors (Lipinski definition) is 0. The van der Waals surface area contributed by atoms with Crippen LogP contribution in [0.5, 0.6) is 0 Å². The van der Waals surface area contributed by atoms with Crippen molar-refractivity contribution in [3.05, 3.63) is 0 Å². The van der Waals surface area contributed by atoms with Crippen molar-refractivity contribution in [2.24, 2.45) is 23.7 Å². The summed E-state index contributed by atoms with van der Waals surface area (Å²) < 4.78 is 0. The Morgan fingerprint density at radius 3 is 1.55 bits per heavy atom. The molecule has 0 unspecified atom stereocenters. The maximum Gasteiger partial charge on any atom is -0.0389 e. The molecule has 0 heterocycles. The van der Waals surface area contributed by atoms with Crippen LogP contribution in [0.25, 0.3) is 0 Å². The molecule has 0 nitrogen and oxygen atoms in total. The second-order valence-corrected chi connectivity index (χ2v) is 4.35. The van der Waals surface area contributed by atoms with Gasteiger partial charge in [-0.15, -0.1) is 0 Å². The van der Waals surface area contributed by atoms with Crippen LogP contribution in [0.3, 0.4) is 0 Å². The quantitative estimate of drug-likeness (QED) is 0.578. The minimum atomic E-state index is 0.832. The molecule has 0 bridgehead atoms. The summed E-state index contributed by atoms with van der Waals surface area (Å²) in [4.78, 5) is 0. The molecule has 0 radical (unpaired) electrons. The maximum absolute atomic E-state index is 2.39. The van der Waals surface area contributed by atoms with E-state index in [0.717, 1.165) is 23.7 Å². The Bertz CT molecular complexity index is 94.2. The van der Waals surface area contributed by atoms with Gasteiger partial charge in [0, 0.05) is 0 Å². The SMILES string of the molecule is CC[C@H](C)[C@@H](C)[C@@H](C)C(C)C. The van der Waals surface area contributed by atoms with Crippen LogP contribution >= 0.6 is 0 Å². The summed E-state index contributed by atoms with van der Waals surface area (Å²) in [7, 11) is 0. The maximum atomic E-state index is 2.39. The zero-order valence-corrected chi connectivity index (χ0v) is 9.02. The van der Waals surface area contributed by atoms with Crippen molar-refractivity contribution in [1.29, 1.82) is 0 Å². The number of hydrogen-bond donors (Lipinski definition) is 0. The summed E-state index contributed by atoms with van der Waals surface area (Å²) in [6, 6.07) is 0. The Labute approximate surface area is 72.4 Å². The van der Waals surface area contributed by atoms with Crippen molar-refractivity contribution in [3.63, 3.8) is 0 Å². The summed E-state index contributed by atoms with van der Waals surface area (Å²) >= 11 is 0. The Morgan fingerprint density at radius 1 is 0.818 bits per heavy atom. The first kappa shape index (κ1) is 11.0. The van der Waals surface area contributed by atoms with Gasteiger partial charge in [-0.25, -0.2) is 0 Å². The van der Waals surface area contributed by atoms with Gasteiger partial charge >= 0.3 is 0 Å². The molecule has 0 heteroatoms. The van der Waals surface area contributed by atoms with E-state index in [1.54, 1.807) is 0 Å². The van der Waals surface area contributed by atoms with E-state index in [4.69, 9.17) is 0 Å². The summed E-state index contributed by atoms with van der Waals surface area (Å²) in [6.07, 6.45) is 1.32. The molecule has 0 aliphatic rings. The molecule has 0 rings (SSSR count). The molecule has 11 heavy (non-hydrogen) atoms. The van der Waals surface area contributed by atoms with Gasteiger partial charge in [0.05, 0.1) is 0 Å². The van der Waals surface area contributed by atoms with Gasteiger partial charge in [0.1, 0.15) is 0 Å². The first-order chi connectivity index (χ1) is 5.00. The van der Waals surface area contributed by atoms with Gasteiger partial charge in [-0.05, 0) is 23.7 Å². The standard InChI is InChI=1S/C11H24/c1-7-9(4)11(6)10(5)8(2)3/h8-11H,7H2,1-6H3/t9-,10-,11+/m0/s1. The minimum Gasteiger partial charge on any atom is -0.0651 e. The van der Waals surface area contributed by atoms with Crippen LogP contribution in [-0.4, -0.2) is 0 Å². The van der Waals surface area contributed by atoms with E-state index in [2.05, 4.69) is 41.5 Å². The molecule has 0 amide bonds. The lowest BCUT2D eigenvalue weighted by Crippen LogP contribution is -2.20. The Hall–Kier alpha value is 0. The van der Waals surface area contributed by atoms with Gasteiger partial charge in [0.25, 0.3) is 0 Å². The summed E-state index contributed by atoms with van der Waals surface area (Å²) in [6.45, 7) is 14.1. The fourth-order valence-electron chi connectivity index (χ4n) is 1.50. The molecule has 0 N–H and O–H groups in total. The molecule has 0 saturated heterocycles.